The van der Waals surface area contributed by atoms with Crippen LogP contribution in [0.1, 0.15) is 30.4 Å². The van der Waals surface area contributed by atoms with Crippen LogP contribution in [0.4, 0.5) is 8.78 Å². The Labute approximate surface area is 138 Å². The van der Waals surface area contributed by atoms with Gasteiger partial charge in [0, 0.05) is 31.0 Å². The van der Waals surface area contributed by atoms with Crippen molar-refractivity contribution in [1.82, 2.24) is 9.62 Å². The summed E-state index contributed by atoms with van der Waals surface area (Å²) in [6.45, 7) is 1.26. The van der Waals surface area contributed by atoms with Gasteiger partial charge in [0.25, 0.3) is 0 Å². The van der Waals surface area contributed by atoms with Gasteiger partial charge in [0.15, 0.2) is 11.6 Å². The molecule has 1 N–H and O–H groups in total. The van der Waals surface area contributed by atoms with Gasteiger partial charge in [0.05, 0.1) is 6.26 Å². The van der Waals surface area contributed by atoms with Gasteiger partial charge in [-0.1, -0.05) is 12.1 Å². The summed E-state index contributed by atoms with van der Waals surface area (Å²) in [7, 11) is -3.68. The molecule has 1 heterocycles. The molecular formula is C15H18F2N2O4S. The Morgan fingerprint density at radius 2 is 2.00 bits per heavy atom. The summed E-state index contributed by atoms with van der Waals surface area (Å²) in [5.41, 5.74) is 0.176. The summed E-state index contributed by atoms with van der Waals surface area (Å²) in [6.07, 6.45) is 1.17. The van der Waals surface area contributed by atoms with Crippen LogP contribution >= 0.6 is 0 Å². The number of hydrogen-bond donors (Lipinski definition) is 1. The van der Waals surface area contributed by atoms with E-state index in [9.17, 15) is 26.8 Å². The van der Waals surface area contributed by atoms with Crippen LogP contribution in [0.5, 0.6) is 0 Å². The number of nitrogens with zero attached hydrogens (tertiary/aromatic N) is 1. The maximum Gasteiger partial charge on any atom is 0.235 e. The van der Waals surface area contributed by atoms with Crippen molar-refractivity contribution < 1.29 is 26.8 Å². The van der Waals surface area contributed by atoms with E-state index in [2.05, 4.69) is 0 Å². The Morgan fingerprint density at radius 3 is 2.62 bits per heavy atom. The number of hydrogen-bond acceptors (Lipinski definition) is 4. The minimum atomic E-state index is -3.68. The van der Waals surface area contributed by atoms with Gasteiger partial charge in [0.2, 0.25) is 21.8 Å². The number of rotatable bonds is 5. The van der Waals surface area contributed by atoms with Gasteiger partial charge < -0.3 is 4.90 Å². The largest absolute Gasteiger partial charge is 0.335 e. The molecule has 0 spiro atoms. The van der Waals surface area contributed by atoms with Crippen molar-refractivity contribution in [3.8, 4) is 0 Å². The van der Waals surface area contributed by atoms with Crippen LogP contribution in [-0.4, -0.2) is 37.4 Å². The van der Waals surface area contributed by atoms with Crippen LogP contribution in [0.2, 0.25) is 0 Å². The van der Waals surface area contributed by atoms with Crippen molar-refractivity contribution in [3.63, 3.8) is 0 Å². The van der Waals surface area contributed by atoms with E-state index in [0.29, 0.717) is 6.42 Å². The van der Waals surface area contributed by atoms with Crippen LogP contribution in [-0.2, 0) is 26.2 Å². The van der Waals surface area contributed by atoms with Crippen molar-refractivity contribution >= 4 is 21.8 Å². The Kier molecular flexibility index (Phi) is 5.22. The normalized spacial score (nSPS) is 18.1. The number of carbonyl (C=O) groups excluding carboxylic acids is 2. The molecule has 2 amide bonds. The number of aryl methyl sites for hydroxylation is 1. The molecule has 0 aromatic heterocycles. The van der Waals surface area contributed by atoms with Gasteiger partial charge in [-0.3, -0.25) is 14.3 Å². The lowest BCUT2D eigenvalue weighted by Gasteiger charge is -2.25. The Hall–Kier alpha value is -2.03. The molecule has 0 saturated carbocycles. The number of sulfonamides is 1. The predicted molar refractivity (Wildman–Crippen MR) is 82.3 cm³/mol. The maximum atomic E-state index is 14.0. The SMILES string of the molecule is Cc1ccc(CN2C(=O)CCC2CC(=O)NS(C)(=O)=O)c(F)c1F. The molecule has 6 nitrogen and oxygen atoms in total. The zero-order chi connectivity index (χ0) is 18.1. The summed E-state index contributed by atoms with van der Waals surface area (Å²) < 4.78 is 51.6. The van der Waals surface area contributed by atoms with E-state index in [0.717, 1.165) is 6.26 Å². The highest BCUT2D eigenvalue weighted by Crippen LogP contribution is 2.26. The van der Waals surface area contributed by atoms with Gasteiger partial charge in [0.1, 0.15) is 0 Å². The van der Waals surface area contributed by atoms with Crippen LogP contribution < -0.4 is 4.72 Å². The Balaban J connectivity index is 2.14. The van der Waals surface area contributed by atoms with E-state index in [1.165, 1.54) is 24.0 Å². The fourth-order valence-electron chi connectivity index (χ4n) is 2.68. The number of carbonyl (C=O) groups is 2. The Morgan fingerprint density at radius 1 is 1.33 bits per heavy atom. The van der Waals surface area contributed by atoms with Crippen LogP contribution in [0.15, 0.2) is 12.1 Å². The first-order valence-electron chi connectivity index (χ1n) is 7.32. The molecule has 1 saturated heterocycles. The monoisotopic (exact) mass is 360 g/mol. The highest BCUT2D eigenvalue weighted by atomic mass is 32.2. The second-order valence-electron chi connectivity index (χ2n) is 5.89. The smallest absolute Gasteiger partial charge is 0.235 e. The molecule has 1 unspecified atom stereocenters. The van der Waals surface area contributed by atoms with E-state index in [4.69, 9.17) is 0 Å². The van der Waals surface area contributed by atoms with E-state index >= 15 is 0 Å². The lowest BCUT2D eigenvalue weighted by molar-refractivity contribution is -0.130. The number of halogens is 2. The van der Waals surface area contributed by atoms with E-state index in [1.54, 1.807) is 0 Å². The number of benzene rings is 1. The molecule has 0 bridgehead atoms. The molecule has 0 radical (unpaired) electrons. The number of likely N-dealkylation sites (tertiary alicyclic amines) is 1. The third kappa shape index (κ3) is 4.28. The molecule has 1 fully saturated rings. The standard InChI is InChI=1S/C15H18F2N2O4S/c1-9-3-4-10(15(17)14(9)16)8-19-11(5-6-13(19)21)7-12(20)18-24(2,22)23/h3-4,11H,5-8H2,1-2H3,(H,18,20). The van der Waals surface area contributed by atoms with E-state index in [-0.39, 0.29) is 36.4 Å². The lowest BCUT2D eigenvalue weighted by atomic mass is 10.1. The summed E-state index contributed by atoms with van der Waals surface area (Å²) in [5.74, 6) is -3.01. The molecule has 1 aliphatic heterocycles. The zero-order valence-corrected chi connectivity index (χ0v) is 14.1. The second-order valence-corrected chi connectivity index (χ2v) is 7.63. The summed E-state index contributed by atoms with van der Waals surface area (Å²) in [4.78, 5) is 25.0. The fourth-order valence-corrected chi connectivity index (χ4v) is 3.17. The van der Waals surface area contributed by atoms with Gasteiger partial charge in [-0.05, 0) is 18.9 Å². The first kappa shape index (κ1) is 18.3. The summed E-state index contributed by atoms with van der Waals surface area (Å²) >= 11 is 0. The molecule has 1 atom stereocenters. The van der Waals surface area contributed by atoms with Crippen molar-refractivity contribution in [2.45, 2.75) is 38.8 Å². The first-order chi connectivity index (χ1) is 11.1. The van der Waals surface area contributed by atoms with E-state index < -0.39 is 33.6 Å². The fraction of sp³-hybridized carbons (Fsp3) is 0.467. The highest BCUT2D eigenvalue weighted by Gasteiger charge is 2.33. The zero-order valence-electron chi connectivity index (χ0n) is 13.3. The highest BCUT2D eigenvalue weighted by molar-refractivity contribution is 7.89. The molecule has 1 aliphatic rings. The molecule has 0 aliphatic carbocycles. The number of nitrogens with one attached hydrogen (secondary N) is 1. The maximum absolute atomic E-state index is 14.0. The third-order valence-corrected chi connectivity index (χ3v) is 4.47. The van der Waals surface area contributed by atoms with Crippen LogP contribution in [0, 0.1) is 18.6 Å². The molecule has 1 aromatic carbocycles. The minimum Gasteiger partial charge on any atom is -0.335 e. The van der Waals surface area contributed by atoms with Gasteiger partial charge in [-0.25, -0.2) is 17.2 Å². The molecular weight excluding hydrogens is 342 g/mol. The molecule has 9 heteroatoms. The molecule has 132 valence electrons. The van der Waals surface area contributed by atoms with Gasteiger partial charge >= 0.3 is 0 Å². The first-order valence-corrected chi connectivity index (χ1v) is 9.21. The van der Waals surface area contributed by atoms with Crippen LogP contribution in [0.25, 0.3) is 0 Å². The predicted octanol–water partition coefficient (Wildman–Crippen LogP) is 1.23. The van der Waals surface area contributed by atoms with Gasteiger partial charge in [-0.2, -0.15) is 0 Å². The average molecular weight is 360 g/mol. The Bertz CT molecular complexity index is 780. The summed E-state index contributed by atoms with van der Waals surface area (Å²) in [5, 5.41) is 0. The van der Waals surface area contributed by atoms with Crippen LogP contribution in [0.3, 0.4) is 0 Å². The van der Waals surface area contributed by atoms with Crippen molar-refractivity contribution in [1.29, 1.82) is 0 Å². The number of amides is 2. The van der Waals surface area contributed by atoms with Crippen molar-refractivity contribution in [2.24, 2.45) is 0 Å². The summed E-state index contributed by atoms with van der Waals surface area (Å²) in [6, 6.07) is 2.26. The molecule has 2 rings (SSSR count). The average Bonchev–Trinajstić information content (AvgIpc) is 2.78. The van der Waals surface area contributed by atoms with Gasteiger partial charge in [-0.15, -0.1) is 0 Å². The third-order valence-electron chi connectivity index (χ3n) is 3.87. The second kappa shape index (κ2) is 6.84. The quantitative estimate of drug-likeness (QED) is 0.856. The lowest BCUT2D eigenvalue weighted by Crippen LogP contribution is -2.38. The minimum absolute atomic E-state index is 0.0156. The molecule has 1 aromatic rings. The molecule has 24 heavy (non-hydrogen) atoms. The topological polar surface area (TPSA) is 83.6 Å². The van der Waals surface area contributed by atoms with E-state index in [1.807, 2.05) is 4.72 Å². The van der Waals surface area contributed by atoms with Crippen molar-refractivity contribution in [2.75, 3.05) is 6.26 Å². The van der Waals surface area contributed by atoms with Crippen molar-refractivity contribution in [3.05, 3.63) is 34.9 Å².